The van der Waals surface area contributed by atoms with Crippen molar-refractivity contribution in [2.24, 2.45) is 0 Å². The average Bonchev–Trinajstić information content (AvgIpc) is 2.22. The third kappa shape index (κ3) is 1.59. The minimum Gasteiger partial charge on any atom is -0.304 e. The van der Waals surface area contributed by atoms with Crippen molar-refractivity contribution in [1.82, 2.24) is 9.97 Å². The first kappa shape index (κ1) is 11.7. The summed E-state index contributed by atoms with van der Waals surface area (Å²) < 4.78 is 27.2. The van der Waals surface area contributed by atoms with Gasteiger partial charge in [0.15, 0.2) is 11.6 Å². The lowest BCUT2D eigenvalue weighted by molar-refractivity contribution is 0.601. The highest BCUT2D eigenvalue weighted by molar-refractivity contribution is 14.1. The van der Waals surface area contributed by atoms with Crippen LogP contribution in [0.3, 0.4) is 0 Å². The lowest BCUT2D eigenvalue weighted by atomic mass is 10.2. The Bertz CT molecular complexity index is 710. The zero-order valence-electron chi connectivity index (χ0n) is 7.33. The van der Waals surface area contributed by atoms with Gasteiger partial charge in [-0.05, 0) is 38.5 Å². The Morgan fingerprint density at radius 3 is 2.38 bits per heavy atom. The topological polar surface area (TPSA) is 65.7 Å². The van der Waals surface area contributed by atoms with Crippen LogP contribution in [-0.4, -0.2) is 9.97 Å². The van der Waals surface area contributed by atoms with Gasteiger partial charge in [0.25, 0.3) is 5.56 Å². The first-order chi connectivity index (χ1) is 7.43. The molecular weight excluding hydrogens is 401 g/mol. The Balaban J connectivity index is 3.21. The van der Waals surface area contributed by atoms with Crippen LogP contribution in [0.4, 0.5) is 8.78 Å². The van der Waals surface area contributed by atoms with E-state index in [1.807, 2.05) is 9.97 Å². The number of halogens is 4. The highest BCUT2D eigenvalue weighted by atomic mass is 127. The van der Waals surface area contributed by atoms with Crippen molar-refractivity contribution < 1.29 is 8.78 Å². The van der Waals surface area contributed by atoms with Gasteiger partial charge in [0.2, 0.25) is 0 Å². The number of hydrogen-bond acceptors (Lipinski definition) is 2. The van der Waals surface area contributed by atoms with Gasteiger partial charge >= 0.3 is 5.69 Å². The van der Waals surface area contributed by atoms with Crippen LogP contribution >= 0.6 is 38.5 Å². The van der Waals surface area contributed by atoms with Gasteiger partial charge in [0, 0.05) is 0 Å². The molecule has 0 saturated carbocycles. The molecule has 2 aromatic rings. The van der Waals surface area contributed by atoms with E-state index in [0.29, 0.717) is 0 Å². The molecule has 2 N–H and O–H groups in total. The minimum atomic E-state index is -0.958. The molecule has 0 unspecified atom stereocenters. The van der Waals surface area contributed by atoms with Crippen molar-refractivity contribution in [1.29, 1.82) is 0 Å². The smallest absolute Gasteiger partial charge is 0.304 e. The molecule has 2 rings (SSSR count). The number of aromatic nitrogens is 2. The van der Waals surface area contributed by atoms with E-state index in [1.54, 1.807) is 22.6 Å². The second-order valence-electron chi connectivity index (χ2n) is 2.91. The number of benzene rings is 1. The minimum absolute atomic E-state index is 0.0554. The van der Waals surface area contributed by atoms with E-state index in [1.165, 1.54) is 0 Å². The Kier molecular flexibility index (Phi) is 2.86. The predicted octanol–water partition coefficient (Wildman–Crippen LogP) is 1.86. The average molecular weight is 403 g/mol. The van der Waals surface area contributed by atoms with E-state index >= 15 is 0 Å². The zero-order valence-corrected chi connectivity index (χ0v) is 11.1. The van der Waals surface area contributed by atoms with Crippen LogP contribution in [0.2, 0.25) is 0 Å². The molecule has 0 amide bonds. The van der Waals surface area contributed by atoms with Crippen molar-refractivity contribution in [2.75, 3.05) is 0 Å². The van der Waals surface area contributed by atoms with Crippen LogP contribution in [0.5, 0.6) is 0 Å². The van der Waals surface area contributed by atoms with E-state index in [-0.39, 0.29) is 8.04 Å². The molecule has 1 aromatic heterocycles. The number of hydrogen-bond donors (Lipinski definition) is 2. The van der Waals surface area contributed by atoms with Gasteiger partial charge in [0.1, 0.15) is 5.39 Å². The van der Waals surface area contributed by atoms with Crippen LogP contribution in [0, 0.1) is 15.2 Å². The summed E-state index contributed by atoms with van der Waals surface area (Å²) >= 11 is 4.40. The largest absolute Gasteiger partial charge is 0.326 e. The van der Waals surface area contributed by atoms with E-state index in [9.17, 15) is 18.4 Å². The number of nitrogens with one attached hydrogen (secondary N) is 2. The summed E-state index contributed by atoms with van der Waals surface area (Å²) in [6.07, 6.45) is 0. The maximum atomic E-state index is 13.7. The third-order valence-electron chi connectivity index (χ3n) is 1.96. The van der Waals surface area contributed by atoms with E-state index < -0.39 is 33.8 Å². The molecule has 8 heteroatoms. The highest BCUT2D eigenvalue weighted by Gasteiger charge is 2.19. The lowest BCUT2D eigenvalue weighted by Gasteiger charge is -2.04. The first-order valence-electron chi connectivity index (χ1n) is 3.91. The van der Waals surface area contributed by atoms with Crippen LogP contribution in [-0.2, 0) is 0 Å². The van der Waals surface area contributed by atoms with Gasteiger partial charge in [-0.3, -0.25) is 9.78 Å². The summed E-state index contributed by atoms with van der Waals surface area (Å²) in [5.41, 5.74) is -2.29. The molecule has 0 atom stereocenters. The Morgan fingerprint density at radius 2 is 1.75 bits per heavy atom. The van der Waals surface area contributed by atoms with Crippen LogP contribution in [0.15, 0.2) is 14.1 Å². The highest BCUT2D eigenvalue weighted by Crippen LogP contribution is 2.29. The predicted molar refractivity (Wildman–Crippen MR) is 65.5 cm³/mol. The summed E-state index contributed by atoms with van der Waals surface area (Å²) in [4.78, 5) is 26.2. The molecule has 0 aliphatic rings. The quantitative estimate of drug-likeness (QED) is 0.401. The van der Waals surface area contributed by atoms with Gasteiger partial charge in [-0.15, -0.1) is 0 Å². The van der Waals surface area contributed by atoms with E-state index in [2.05, 4.69) is 15.9 Å². The number of aromatic amines is 2. The molecule has 0 aliphatic carbocycles. The van der Waals surface area contributed by atoms with Crippen molar-refractivity contribution in [3.63, 3.8) is 0 Å². The summed E-state index contributed by atoms with van der Waals surface area (Å²) in [5, 5.41) is -0.496. The second-order valence-corrected chi connectivity index (χ2v) is 4.79. The molecule has 0 saturated heterocycles. The normalized spacial score (nSPS) is 11.0. The number of rotatable bonds is 0. The maximum absolute atomic E-state index is 13.7. The monoisotopic (exact) mass is 402 g/mol. The van der Waals surface area contributed by atoms with Gasteiger partial charge in [-0.1, -0.05) is 0 Å². The number of H-pyrrole nitrogens is 2. The van der Waals surface area contributed by atoms with E-state index in [0.717, 1.165) is 0 Å². The molecule has 1 aromatic carbocycles. The first-order valence-corrected chi connectivity index (χ1v) is 5.79. The molecular formula is C8H2BrF2IN2O2. The molecule has 4 nitrogen and oxygen atoms in total. The fourth-order valence-electron chi connectivity index (χ4n) is 1.27. The molecule has 0 fully saturated rings. The second kappa shape index (κ2) is 3.91. The van der Waals surface area contributed by atoms with Gasteiger partial charge < -0.3 is 4.98 Å². The van der Waals surface area contributed by atoms with Crippen molar-refractivity contribution in [3.05, 3.63) is 40.5 Å². The third-order valence-corrected chi connectivity index (χ3v) is 4.46. The summed E-state index contributed by atoms with van der Waals surface area (Å²) in [7, 11) is 0. The zero-order chi connectivity index (χ0) is 12.0. The summed E-state index contributed by atoms with van der Waals surface area (Å²) in [6, 6.07) is 0. The summed E-state index contributed by atoms with van der Waals surface area (Å²) in [6.45, 7) is 0. The van der Waals surface area contributed by atoms with Gasteiger partial charge in [-0.25, -0.2) is 13.6 Å². The SMILES string of the molecule is O=c1[nH]c(=O)c2c(F)c(I)c(Br)c(F)c2[nH]1. The van der Waals surface area contributed by atoms with Gasteiger partial charge in [0.05, 0.1) is 13.6 Å². The van der Waals surface area contributed by atoms with Crippen LogP contribution < -0.4 is 11.2 Å². The molecule has 0 spiro atoms. The lowest BCUT2D eigenvalue weighted by Crippen LogP contribution is -2.23. The fourth-order valence-corrected chi connectivity index (χ4v) is 2.15. The molecule has 1 heterocycles. The fraction of sp³-hybridized carbons (Fsp3) is 0. The number of fused-ring (bicyclic) bond motifs is 1. The molecule has 0 aliphatic heterocycles. The molecule has 84 valence electrons. The Morgan fingerprint density at radius 1 is 1.12 bits per heavy atom. The standard InChI is InChI=1S/C8H2BrF2IN2O2/c9-2-4(11)6-1(3(10)5(2)12)7(15)14-8(16)13-6/h(H2,13,14,15,16). The van der Waals surface area contributed by atoms with Crippen molar-refractivity contribution in [2.45, 2.75) is 0 Å². The summed E-state index contributed by atoms with van der Waals surface area (Å²) in [5.74, 6) is -1.75. The van der Waals surface area contributed by atoms with Crippen molar-refractivity contribution in [3.8, 4) is 0 Å². The van der Waals surface area contributed by atoms with E-state index in [4.69, 9.17) is 0 Å². The Labute approximate surface area is 108 Å². The molecule has 16 heavy (non-hydrogen) atoms. The van der Waals surface area contributed by atoms with Crippen molar-refractivity contribution >= 4 is 49.4 Å². The molecule has 0 bridgehead atoms. The van der Waals surface area contributed by atoms with Crippen LogP contribution in [0.1, 0.15) is 0 Å². The molecule has 0 radical (unpaired) electrons. The maximum Gasteiger partial charge on any atom is 0.326 e. The Hall–Kier alpha value is -0.770. The van der Waals surface area contributed by atoms with Crippen LogP contribution in [0.25, 0.3) is 10.9 Å². The van der Waals surface area contributed by atoms with Gasteiger partial charge in [-0.2, -0.15) is 0 Å².